The molecule has 1 N–H and O–H groups in total. The second-order valence-corrected chi connectivity index (χ2v) is 6.94. The Labute approximate surface area is 170 Å². The highest BCUT2D eigenvalue weighted by Gasteiger charge is 2.18. The van der Waals surface area contributed by atoms with E-state index in [9.17, 15) is 4.79 Å². The summed E-state index contributed by atoms with van der Waals surface area (Å²) in [7, 11) is 0. The minimum atomic E-state index is -0.309. The number of hydrogen-bond donors (Lipinski definition) is 1. The number of fused-ring (bicyclic) bond motifs is 1. The molecule has 0 saturated heterocycles. The average Bonchev–Trinajstić information content (AvgIpc) is 2.71. The monoisotopic (exact) mass is 401 g/mol. The van der Waals surface area contributed by atoms with Gasteiger partial charge in [-0.05, 0) is 25.0 Å². The molecule has 0 spiro atoms. The summed E-state index contributed by atoms with van der Waals surface area (Å²) in [6, 6.07) is 10.7. The molecule has 1 heterocycles. The molecule has 156 valence electrons. The minimum absolute atomic E-state index is 0.145. The maximum absolute atomic E-state index is 12.4. The summed E-state index contributed by atoms with van der Waals surface area (Å²) in [6.45, 7) is 7.92. The molecule has 1 amide bonds. The predicted molar refractivity (Wildman–Crippen MR) is 110 cm³/mol. The summed E-state index contributed by atoms with van der Waals surface area (Å²) >= 11 is 0. The second-order valence-electron chi connectivity index (χ2n) is 6.94. The molecular weight excluding hydrogens is 374 g/mol. The fourth-order valence-corrected chi connectivity index (χ4v) is 2.69. The minimum Gasteiger partial charge on any atom is -0.493 e. The van der Waals surface area contributed by atoms with Gasteiger partial charge < -0.3 is 29.0 Å². The zero-order chi connectivity index (χ0) is 20.6. The number of benzene rings is 2. The molecule has 7 nitrogen and oxygen atoms in total. The zero-order valence-corrected chi connectivity index (χ0v) is 17.0. The van der Waals surface area contributed by atoms with E-state index in [1.54, 1.807) is 24.3 Å². The predicted octanol–water partition coefficient (Wildman–Crippen LogP) is 3.91. The Balaban J connectivity index is 1.61. The summed E-state index contributed by atoms with van der Waals surface area (Å²) < 4.78 is 28.1. The number of anilines is 1. The van der Waals surface area contributed by atoms with Gasteiger partial charge in [-0.3, -0.25) is 4.79 Å². The van der Waals surface area contributed by atoms with E-state index < -0.39 is 0 Å². The molecule has 0 fully saturated rings. The van der Waals surface area contributed by atoms with Gasteiger partial charge in [0.25, 0.3) is 5.91 Å². The highest BCUT2D eigenvalue weighted by molar-refractivity contribution is 5.94. The van der Waals surface area contributed by atoms with Crippen LogP contribution in [-0.4, -0.2) is 38.9 Å². The average molecular weight is 401 g/mol. The molecule has 2 aromatic carbocycles. The molecule has 7 heteroatoms. The number of amides is 1. The maximum Gasteiger partial charge on any atom is 0.262 e. The number of carbonyl (C=O) groups excluding carboxylic acids is 1. The van der Waals surface area contributed by atoms with Crippen LogP contribution in [-0.2, 0) is 4.79 Å². The Bertz CT molecular complexity index is 836. The van der Waals surface area contributed by atoms with E-state index in [1.807, 2.05) is 19.1 Å². The van der Waals surface area contributed by atoms with Gasteiger partial charge in [-0.15, -0.1) is 0 Å². The van der Waals surface area contributed by atoms with Crippen molar-refractivity contribution in [3.8, 4) is 28.7 Å². The third kappa shape index (κ3) is 5.94. The third-order valence-corrected chi connectivity index (χ3v) is 3.98. The molecule has 2 aromatic rings. The van der Waals surface area contributed by atoms with E-state index in [4.69, 9.17) is 23.7 Å². The van der Waals surface area contributed by atoms with Crippen LogP contribution < -0.4 is 29.0 Å². The molecule has 0 bridgehead atoms. The Hall–Kier alpha value is -3.09. The first kappa shape index (κ1) is 20.6. The van der Waals surface area contributed by atoms with Crippen molar-refractivity contribution in [2.75, 3.05) is 38.4 Å². The largest absolute Gasteiger partial charge is 0.493 e. The summed E-state index contributed by atoms with van der Waals surface area (Å²) in [5, 5.41) is 2.81. The molecule has 3 rings (SSSR count). The molecule has 0 aromatic heterocycles. The Morgan fingerprint density at radius 3 is 2.41 bits per heavy atom. The Kier molecular flexibility index (Phi) is 7.05. The molecule has 0 saturated carbocycles. The molecule has 0 atom stereocenters. The van der Waals surface area contributed by atoms with Gasteiger partial charge in [-0.25, -0.2) is 0 Å². The van der Waals surface area contributed by atoms with Gasteiger partial charge in [0.1, 0.15) is 30.5 Å². The smallest absolute Gasteiger partial charge is 0.262 e. The van der Waals surface area contributed by atoms with E-state index in [0.29, 0.717) is 66.8 Å². The van der Waals surface area contributed by atoms with E-state index in [0.717, 1.165) is 0 Å². The topological polar surface area (TPSA) is 75.3 Å². The van der Waals surface area contributed by atoms with Crippen molar-refractivity contribution in [2.24, 2.45) is 5.92 Å². The van der Waals surface area contributed by atoms with Crippen LogP contribution >= 0.6 is 0 Å². The molecule has 0 radical (unpaired) electrons. The van der Waals surface area contributed by atoms with Gasteiger partial charge in [0.05, 0.1) is 18.9 Å². The Morgan fingerprint density at radius 2 is 1.72 bits per heavy atom. The van der Waals surface area contributed by atoms with E-state index in [1.165, 1.54) is 0 Å². The number of hydrogen-bond acceptors (Lipinski definition) is 6. The van der Waals surface area contributed by atoms with Gasteiger partial charge in [0.15, 0.2) is 18.1 Å². The standard InChI is InChI=1S/C22H27NO6/c1-4-25-19-12-21-20(26-8-9-27-21)11-18(19)23-22(24)14-29-17-7-5-6-16(10-17)28-13-15(2)3/h5-7,10-12,15H,4,8-9,13-14H2,1-3H3,(H,23,24). The van der Waals surface area contributed by atoms with Gasteiger partial charge in [-0.2, -0.15) is 0 Å². The lowest BCUT2D eigenvalue weighted by Crippen LogP contribution is -2.21. The lowest BCUT2D eigenvalue weighted by atomic mass is 10.2. The van der Waals surface area contributed by atoms with Crippen molar-refractivity contribution >= 4 is 11.6 Å². The second kappa shape index (κ2) is 9.91. The van der Waals surface area contributed by atoms with Crippen LogP contribution in [0.1, 0.15) is 20.8 Å². The molecule has 1 aliphatic heterocycles. The lowest BCUT2D eigenvalue weighted by Gasteiger charge is -2.21. The Morgan fingerprint density at radius 1 is 1.03 bits per heavy atom. The first-order valence-electron chi connectivity index (χ1n) is 9.77. The van der Waals surface area contributed by atoms with Crippen molar-refractivity contribution < 1.29 is 28.5 Å². The quantitative estimate of drug-likeness (QED) is 0.687. The van der Waals surface area contributed by atoms with E-state index in [-0.39, 0.29) is 12.5 Å². The summed E-state index contributed by atoms with van der Waals surface area (Å²) in [4.78, 5) is 12.4. The highest BCUT2D eigenvalue weighted by atomic mass is 16.6. The van der Waals surface area contributed by atoms with Gasteiger partial charge in [-0.1, -0.05) is 19.9 Å². The summed E-state index contributed by atoms with van der Waals surface area (Å²) in [5.41, 5.74) is 0.513. The van der Waals surface area contributed by atoms with Crippen molar-refractivity contribution in [3.63, 3.8) is 0 Å². The first-order chi connectivity index (χ1) is 14.0. The molecule has 0 aliphatic carbocycles. The SMILES string of the molecule is CCOc1cc2c(cc1NC(=O)COc1cccc(OCC(C)C)c1)OCCO2. The maximum atomic E-state index is 12.4. The van der Waals surface area contributed by atoms with Crippen LogP contribution in [0.5, 0.6) is 28.7 Å². The molecule has 0 unspecified atom stereocenters. The van der Waals surface area contributed by atoms with E-state index in [2.05, 4.69) is 19.2 Å². The highest BCUT2D eigenvalue weighted by Crippen LogP contribution is 2.39. The van der Waals surface area contributed by atoms with Crippen LogP contribution in [0.3, 0.4) is 0 Å². The summed E-state index contributed by atoms with van der Waals surface area (Å²) in [6.07, 6.45) is 0. The normalized spacial score (nSPS) is 12.4. The van der Waals surface area contributed by atoms with Crippen LogP contribution in [0, 0.1) is 5.92 Å². The number of ether oxygens (including phenoxy) is 5. The fraction of sp³-hybridized carbons (Fsp3) is 0.409. The lowest BCUT2D eigenvalue weighted by molar-refractivity contribution is -0.118. The molecule has 1 aliphatic rings. The summed E-state index contributed by atoms with van der Waals surface area (Å²) in [5.74, 6) is 3.09. The molecular formula is C22H27NO6. The van der Waals surface area contributed by atoms with Crippen LogP contribution in [0.2, 0.25) is 0 Å². The van der Waals surface area contributed by atoms with Crippen molar-refractivity contribution in [1.82, 2.24) is 0 Å². The van der Waals surface area contributed by atoms with Gasteiger partial charge >= 0.3 is 0 Å². The third-order valence-electron chi connectivity index (χ3n) is 3.98. The number of nitrogens with one attached hydrogen (secondary N) is 1. The zero-order valence-electron chi connectivity index (χ0n) is 17.0. The van der Waals surface area contributed by atoms with Crippen LogP contribution in [0.4, 0.5) is 5.69 Å². The van der Waals surface area contributed by atoms with Crippen molar-refractivity contribution in [3.05, 3.63) is 36.4 Å². The molecule has 29 heavy (non-hydrogen) atoms. The van der Waals surface area contributed by atoms with Gasteiger partial charge in [0, 0.05) is 18.2 Å². The van der Waals surface area contributed by atoms with E-state index >= 15 is 0 Å². The first-order valence-corrected chi connectivity index (χ1v) is 9.77. The number of rotatable bonds is 9. The van der Waals surface area contributed by atoms with Crippen LogP contribution in [0.25, 0.3) is 0 Å². The van der Waals surface area contributed by atoms with Crippen molar-refractivity contribution in [2.45, 2.75) is 20.8 Å². The van der Waals surface area contributed by atoms with Crippen LogP contribution in [0.15, 0.2) is 36.4 Å². The van der Waals surface area contributed by atoms with Crippen molar-refractivity contribution in [1.29, 1.82) is 0 Å². The number of carbonyl (C=O) groups is 1. The van der Waals surface area contributed by atoms with Gasteiger partial charge in [0.2, 0.25) is 0 Å². The fourth-order valence-electron chi connectivity index (χ4n) is 2.69.